The van der Waals surface area contributed by atoms with Crippen molar-refractivity contribution in [1.82, 2.24) is 4.98 Å². The lowest BCUT2D eigenvalue weighted by molar-refractivity contribution is 0.0691. The Morgan fingerprint density at radius 3 is 2.39 bits per heavy atom. The molecule has 2 aromatic rings. The van der Waals surface area contributed by atoms with Gasteiger partial charge in [0, 0.05) is 17.3 Å². The Morgan fingerprint density at radius 1 is 1.06 bits per heavy atom. The third-order valence-corrected chi connectivity index (χ3v) is 2.98. The van der Waals surface area contributed by atoms with Crippen molar-refractivity contribution in [3.63, 3.8) is 0 Å². The molecule has 0 amide bonds. The van der Waals surface area contributed by atoms with Gasteiger partial charge < -0.3 is 10.1 Å². The molecule has 1 aromatic carbocycles. The van der Waals surface area contributed by atoms with Gasteiger partial charge in [-0.1, -0.05) is 24.3 Å². The minimum atomic E-state index is -1.23. The molecule has 0 atom stereocenters. The molecule has 0 bridgehead atoms. The lowest BCUT2D eigenvalue weighted by Gasteiger charge is -2.14. The maximum atomic E-state index is 11.9. The fourth-order valence-electron chi connectivity index (χ4n) is 2.18. The third-order valence-electron chi connectivity index (χ3n) is 2.98. The number of H-pyrrole nitrogens is 1. The van der Waals surface area contributed by atoms with E-state index in [2.05, 4.69) is 4.98 Å². The van der Waals surface area contributed by atoms with Crippen molar-refractivity contribution in [2.45, 2.75) is 0 Å². The Morgan fingerprint density at radius 2 is 1.72 bits per heavy atom. The molecule has 3 rings (SSSR count). The van der Waals surface area contributed by atoms with Crippen LogP contribution in [0.5, 0.6) is 0 Å². The van der Waals surface area contributed by atoms with Gasteiger partial charge in [-0.3, -0.25) is 9.59 Å². The van der Waals surface area contributed by atoms with Crippen LogP contribution >= 0.6 is 0 Å². The molecule has 0 fully saturated rings. The van der Waals surface area contributed by atoms with Crippen molar-refractivity contribution < 1.29 is 19.5 Å². The number of Topliss-reactive ketones (excluding diaryl/α,β-unsaturated/α-hetero) is 2. The van der Waals surface area contributed by atoms with Gasteiger partial charge in [-0.15, -0.1) is 0 Å². The normalized spacial score (nSPS) is 13.1. The number of carbonyl (C=O) groups excluding carboxylic acids is 2. The highest BCUT2D eigenvalue weighted by Crippen LogP contribution is 2.34. The van der Waals surface area contributed by atoms with Crippen LogP contribution in [-0.4, -0.2) is 27.6 Å². The molecule has 5 nitrogen and oxygen atoms in total. The summed E-state index contributed by atoms with van der Waals surface area (Å²) in [4.78, 5) is 37.6. The summed E-state index contributed by atoms with van der Waals surface area (Å²) in [6, 6.07) is 6.63. The number of carboxylic acid groups (broad SMARTS) is 1. The number of fused-ring (bicyclic) bond motifs is 3. The second-order valence-corrected chi connectivity index (χ2v) is 3.96. The Labute approximate surface area is 101 Å². The molecule has 2 N–H and O–H groups in total. The Hall–Kier alpha value is -2.69. The van der Waals surface area contributed by atoms with Gasteiger partial charge in [-0.05, 0) is 0 Å². The first-order valence-electron chi connectivity index (χ1n) is 5.24. The van der Waals surface area contributed by atoms with Gasteiger partial charge in [0.2, 0.25) is 11.6 Å². The van der Waals surface area contributed by atoms with E-state index < -0.39 is 17.5 Å². The summed E-state index contributed by atoms with van der Waals surface area (Å²) in [6.07, 6.45) is 1.24. The highest BCUT2D eigenvalue weighted by molar-refractivity contribution is 6.53. The highest BCUT2D eigenvalue weighted by Gasteiger charge is 2.35. The summed E-state index contributed by atoms with van der Waals surface area (Å²) in [6.45, 7) is 0. The zero-order valence-corrected chi connectivity index (χ0v) is 9.06. The Balaban J connectivity index is 2.38. The molecule has 88 valence electrons. The van der Waals surface area contributed by atoms with Crippen LogP contribution in [0.15, 0.2) is 30.5 Å². The number of benzene rings is 1. The molecule has 0 radical (unpaired) electrons. The summed E-state index contributed by atoms with van der Waals surface area (Å²) in [5.74, 6) is -2.67. The molecule has 1 aromatic heterocycles. The summed E-state index contributed by atoms with van der Waals surface area (Å²) in [5.41, 5.74) is 1.04. The molecule has 0 unspecified atom stereocenters. The SMILES string of the molecule is O=C1C(=O)c2c(C(=O)O)c[nH]c2-c2ccccc21. The van der Waals surface area contributed by atoms with Crippen LogP contribution in [0.25, 0.3) is 11.3 Å². The van der Waals surface area contributed by atoms with E-state index in [0.29, 0.717) is 16.8 Å². The first kappa shape index (κ1) is 10.5. The first-order chi connectivity index (χ1) is 8.61. The fraction of sp³-hybridized carbons (Fsp3) is 0. The van der Waals surface area contributed by atoms with Crippen molar-refractivity contribution in [2.75, 3.05) is 0 Å². The zero-order chi connectivity index (χ0) is 12.9. The predicted molar refractivity (Wildman–Crippen MR) is 61.8 cm³/mol. The summed E-state index contributed by atoms with van der Waals surface area (Å²) in [7, 11) is 0. The second kappa shape index (κ2) is 3.40. The zero-order valence-electron chi connectivity index (χ0n) is 9.06. The van der Waals surface area contributed by atoms with Crippen LogP contribution in [0.2, 0.25) is 0 Å². The number of nitrogens with one attached hydrogen (secondary N) is 1. The van der Waals surface area contributed by atoms with Crippen molar-refractivity contribution in [3.05, 3.63) is 47.2 Å². The van der Waals surface area contributed by atoms with Gasteiger partial charge in [-0.25, -0.2) is 4.79 Å². The van der Waals surface area contributed by atoms with Crippen LogP contribution in [0.1, 0.15) is 31.1 Å². The molecule has 0 saturated heterocycles. The van der Waals surface area contributed by atoms with E-state index in [0.717, 1.165) is 0 Å². The van der Waals surface area contributed by atoms with Gasteiger partial charge in [0.05, 0.1) is 16.8 Å². The predicted octanol–water partition coefficient (Wildman–Crippen LogP) is 1.76. The number of ketones is 2. The minimum Gasteiger partial charge on any atom is -0.478 e. The number of rotatable bonds is 1. The van der Waals surface area contributed by atoms with Gasteiger partial charge in [0.25, 0.3) is 0 Å². The molecule has 1 aliphatic carbocycles. The number of carboxylic acids is 1. The molecule has 18 heavy (non-hydrogen) atoms. The van der Waals surface area contributed by atoms with Crippen LogP contribution in [-0.2, 0) is 0 Å². The third kappa shape index (κ3) is 1.18. The largest absolute Gasteiger partial charge is 0.478 e. The molecular formula is C13H7NO4. The fourth-order valence-corrected chi connectivity index (χ4v) is 2.18. The maximum absolute atomic E-state index is 11.9. The lowest BCUT2D eigenvalue weighted by atomic mass is 9.87. The van der Waals surface area contributed by atoms with E-state index in [-0.39, 0.29) is 11.1 Å². The van der Waals surface area contributed by atoms with Crippen molar-refractivity contribution >= 4 is 17.5 Å². The quantitative estimate of drug-likeness (QED) is 0.744. The van der Waals surface area contributed by atoms with E-state index in [9.17, 15) is 14.4 Å². The molecule has 0 aliphatic heterocycles. The molecular weight excluding hydrogens is 234 g/mol. The van der Waals surface area contributed by atoms with Crippen LogP contribution in [0.4, 0.5) is 0 Å². The second-order valence-electron chi connectivity index (χ2n) is 3.96. The van der Waals surface area contributed by atoms with E-state index in [1.165, 1.54) is 6.20 Å². The molecule has 1 aliphatic rings. The maximum Gasteiger partial charge on any atom is 0.338 e. The van der Waals surface area contributed by atoms with Gasteiger partial charge in [0.15, 0.2) is 0 Å². The summed E-state index contributed by atoms with van der Waals surface area (Å²) in [5, 5.41) is 9.00. The number of aromatic nitrogens is 1. The minimum absolute atomic E-state index is 0.0498. The lowest BCUT2D eigenvalue weighted by Crippen LogP contribution is -2.22. The highest BCUT2D eigenvalue weighted by atomic mass is 16.4. The first-order valence-corrected chi connectivity index (χ1v) is 5.24. The molecule has 0 saturated carbocycles. The van der Waals surface area contributed by atoms with Gasteiger partial charge in [0.1, 0.15) is 0 Å². The van der Waals surface area contributed by atoms with E-state index in [4.69, 9.17) is 5.11 Å². The Bertz CT molecular complexity index is 712. The van der Waals surface area contributed by atoms with Crippen molar-refractivity contribution in [2.24, 2.45) is 0 Å². The van der Waals surface area contributed by atoms with Gasteiger partial charge in [-0.2, -0.15) is 0 Å². The molecule has 0 spiro atoms. The number of carbonyl (C=O) groups is 3. The molecule has 1 heterocycles. The van der Waals surface area contributed by atoms with Crippen molar-refractivity contribution in [3.8, 4) is 11.3 Å². The summed E-state index contributed by atoms with van der Waals surface area (Å²) >= 11 is 0. The average molecular weight is 241 g/mol. The number of hydrogen-bond acceptors (Lipinski definition) is 3. The average Bonchev–Trinajstić information content (AvgIpc) is 2.81. The van der Waals surface area contributed by atoms with Crippen LogP contribution in [0.3, 0.4) is 0 Å². The van der Waals surface area contributed by atoms with Crippen LogP contribution in [0, 0.1) is 0 Å². The van der Waals surface area contributed by atoms with E-state index >= 15 is 0 Å². The monoisotopic (exact) mass is 241 g/mol. The van der Waals surface area contributed by atoms with E-state index in [1.54, 1.807) is 24.3 Å². The number of hydrogen-bond donors (Lipinski definition) is 2. The summed E-state index contributed by atoms with van der Waals surface area (Å²) < 4.78 is 0. The van der Waals surface area contributed by atoms with E-state index in [1.807, 2.05) is 0 Å². The van der Waals surface area contributed by atoms with Crippen molar-refractivity contribution in [1.29, 1.82) is 0 Å². The van der Waals surface area contributed by atoms with Gasteiger partial charge >= 0.3 is 5.97 Å². The Kier molecular flexibility index (Phi) is 1.98. The topological polar surface area (TPSA) is 87.2 Å². The standard InChI is InChI=1S/C13H7NO4/c15-11-7-4-2-1-3-6(7)10-9(12(11)16)8(5-14-10)13(17)18/h1-5,14H,(H,17,18). The number of aromatic carboxylic acids is 1. The van der Waals surface area contributed by atoms with Crippen LogP contribution < -0.4 is 0 Å². The number of aromatic amines is 1. The molecule has 5 heteroatoms. The smallest absolute Gasteiger partial charge is 0.338 e.